The molecule has 2 N–H and O–H groups in total. The van der Waals surface area contributed by atoms with E-state index in [9.17, 15) is 26.7 Å². The van der Waals surface area contributed by atoms with Crippen LogP contribution >= 0.6 is 0 Å². The monoisotopic (exact) mass is 443 g/mol. The van der Waals surface area contributed by atoms with E-state index >= 15 is 0 Å². The molecule has 30 heavy (non-hydrogen) atoms. The molecule has 9 heteroatoms. The minimum absolute atomic E-state index is 0.0766. The Morgan fingerprint density at radius 2 is 1.70 bits per heavy atom. The highest BCUT2D eigenvalue weighted by molar-refractivity contribution is 7.90. The Morgan fingerprint density at radius 1 is 1.10 bits per heavy atom. The van der Waals surface area contributed by atoms with Crippen molar-refractivity contribution in [1.29, 1.82) is 0 Å². The Morgan fingerprint density at radius 3 is 2.23 bits per heavy atom. The van der Waals surface area contributed by atoms with Gasteiger partial charge in [-0.05, 0) is 61.7 Å². The first-order chi connectivity index (χ1) is 13.9. The molecule has 0 saturated carbocycles. The van der Waals surface area contributed by atoms with Gasteiger partial charge in [0.2, 0.25) is 0 Å². The van der Waals surface area contributed by atoms with Gasteiger partial charge < -0.3 is 15.2 Å². The maximum Gasteiger partial charge on any atom is 0.416 e. The van der Waals surface area contributed by atoms with E-state index in [0.717, 1.165) is 18.4 Å². The number of hydrogen-bond acceptors (Lipinski definition) is 5. The second-order valence-electron chi connectivity index (χ2n) is 7.83. The fraction of sp³-hybridized carbons (Fsp3) is 0.429. The van der Waals surface area contributed by atoms with Gasteiger partial charge in [-0.25, -0.2) is 8.42 Å². The van der Waals surface area contributed by atoms with Crippen molar-refractivity contribution in [1.82, 2.24) is 5.32 Å². The Hall–Kier alpha value is -2.10. The lowest BCUT2D eigenvalue weighted by Gasteiger charge is -2.41. The highest BCUT2D eigenvalue weighted by Crippen LogP contribution is 2.37. The summed E-state index contributed by atoms with van der Waals surface area (Å²) in [7, 11) is -3.29. The van der Waals surface area contributed by atoms with Crippen molar-refractivity contribution in [3.63, 3.8) is 0 Å². The van der Waals surface area contributed by atoms with Crippen LogP contribution in [0.1, 0.15) is 30.9 Å². The van der Waals surface area contributed by atoms with E-state index in [1.807, 2.05) is 6.92 Å². The summed E-state index contributed by atoms with van der Waals surface area (Å²) in [5, 5.41) is 14.5. The Labute approximate surface area is 173 Å². The molecular weight excluding hydrogens is 419 g/mol. The summed E-state index contributed by atoms with van der Waals surface area (Å²) in [5.41, 5.74) is -1.59. The van der Waals surface area contributed by atoms with Crippen LogP contribution in [0.25, 0.3) is 0 Å². The first-order valence-corrected chi connectivity index (χ1v) is 11.3. The summed E-state index contributed by atoms with van der Waals surface area (Å²) >= 11 is 0. The number of hydrogen-bond donors (Lipinski definition) is 2. The molecule has 0 radical (unpaired) electrons. The van der Waals surface area contributed by atoms with Crippen molar-refractivity contribution in [3.05, 3.63) is 59.7 Å². The quantitative estimate of drug-likeness (QED) is 0.740. The van der Waals surface area contributed by atoms with E-state index in [0.29, 0.717) is 17.7 Å². The minimum Gasteiger partial charge on any atom is -0.492 e. The van der Waals surface area contributed by atoms with Gasteiger partial charge in [-0.15, -0.1) is 0 Å². The molecule has 2 aromatic carbocycles. The first kappa shape index (κ1) is 22.6. The van der Waals surface area contributed by atoms with E-state index in [4.69, 9.17) is 4.74 Å². The van der Waals surface area contributed by atoms with Gasteiger partial charge in [0.15, 0.2) is 9.84 Å². The highest BCUT2D eigenvalue weighted by Gasteiger charge is 2.39. The molecule has 0 bridgehead atoms. The molecule has 1 aliphatic heterocycles. The first-order valence-electron chi connectivity index (χ1n) is 9.46. The van der Waals surface area contributed by atoms with Crippen LogP contribution in [0.2, 0.25) is 0 Å². The SMILES string of the molecule is C[C@H]1C[C@@](O)(c2ccc(C(F)(F)F)cc2)C[C@@H](COc2ccc(S(C)(=O)=O)cc2)N1. The molecule has 0 unspecified atom stereocenters. The molecule has 0 aromatic heterocycles. The van der Waals surface area contributed by atoms with Gasteiger partial charge in [0, 0.05) is 18.3 Å². The summed E-state index contributed by atoms with van der Waals surface area (Å²) in [6, 6.07) is 10.3. The van der Waals surface area contributed by atoms with Crippen molar-refractivity contribution >= 4 is 9.84 Å². The van der Waals surface area contributed by atoms with Gasteiger partial charge in [-0.1, -0.05) is 12.1 Å². The number of sulfone groups is 1. The number of alkyl halides is 3. The summed E-state index contributed by atoms with van der Waals surface area (Å²) in [4.78, 5) is 0.191. The van der Waals surface area contributed by atoms with Gasteiger partial charge in [-0.2, -0.15) is 13.2 Å². The molecule has 1 fully saturated rings. The number of benzene rings is 2. The number of halogens is 3. The van der Waals surface area contributed by atoms with Gasteiger partial charge in [0.25, 0.3) is 0 Å². The highest BCUT2D eigenvalue weighted by atomic mass is 32.2. The number of nitrogens with one attached hydrogen (secondary N) is 1. The predicted octanol–water partition coefficient (Wildman–Crippen LogP) is 3.52. The average molecular weight is 443 g/mol. The molecule has 5 nitrogen and oxygen atoms in total. The smallest absolute Gasteiger partial charge is 0.416 e. The molecule has 1 aliphatic rings. The zero-order valence-electron chi connectivity index (χ0n) is 16.6. The molecule has 0 amide bonds. The van der Waals surface area contributed by atoms with Crippen molar-refractivity contribution < 1.29 is 31.4 Å². The molecule has 164 valence electrons. The number of ether oxygens (including phenoxy) is 1. The molecule has 3 rings (SSSR count). The van der Waals surface area contributed by atoms with Gasteiger partial charge in [0.1, 0.15) is 12.4 Å². The van der Waals surface area contributed by atoms with Gasteiger partial charge in [-0.3, -0.25) is 0 Å². The standard InChI is InChI=1S/C21H24F3NO4S/c1-14-11-20(26,15-3-5-16(6-4-15)21(22,23)24)12-17(25-14)13-29-18-7-9-19(10-8-18)30(2,27)28/h3-10,14,17,25-26H,11-13H2,1-2H3/t14-,17-,20-/m0/s1. The fourth-order valence-corrected chi connectivity index (χ4v) is 4.44. The molecule has 0 spiro atoms. The molecular formula is C21H24F3NO4S. The van der Waals surface area contributed by atoms with E-state index < -0.39 is 27.2 Å². The van der Waals surface area contributed by atoms with Crippen LogP contribution in [0, 0.1) is 0 Å². The number of rotatable bonds is 5. The average Bonchev–Trinajstić information content (AvgIpc) is 2.65. The molecule has 3 atom stereocenters. The molecule has 1 heterocycles. The molecule has 1 saturated heterocycles. The maximum absolute atomic E-state index is 12.8. The largest absolute Gasteiger partial charge is 0.492 e. The summed E-state index contributed by atoms with van der Waals surface area (Å²) < 4.78 is 67.2. The Balaban J connectivity index is 1.69. The topological polar surface area (TPSA) is 75.6 Å². The summed E-state index contributed by atoms with van der Waals surface area (Å²) in [5.74, 6) is 0.487. The second kappa shape index (κ2) is 8.20. The van der Waals surface area contributed by atoms with E-state index in [-0.39, 0.29) is 30.0 Å². The second-order valence-corrected chi connectivity index (χ2v) is 9.85. The third kappa shape index (κ3) is 5.33. The lowest BCUT2D eigenvalue weighted by atomic mass is 9.79. The molecule has 0 aliphatic carbocycles. The van der Waals surface area contributed by atoms with E-state index in [2.05, 4.69) is 5.32 Å². The normalized spacial score (nSPS) is 25.1. The third-order valence-electron chi connectivity index (χ3n) is 5.20. The lowest BCUT2D eigenvalue weighted by molar-refractivity contribution is -0.137. The van der Waals surface area contributed by atoms with Crippen molar-refractivity contribution in [3.8, 4) is 5.75 Å². The predicted molar refractivity (Wildman–Crippen MR) is 106 cm³/mol. The van der Waals surface area contributed by atoms with Crippen LogP contribution < -0.4 is 10.1 Å². The number of piperidine rings is 1. The fourth-order valence-electron chi connectivity index (χ4n) is 3.81. The third-order valence-corrected chi connectivity index (χ3v) is 6.33. The van der Waals surface area contributed by atoms with Gasteiger partial charge >= 0.3 is 6.18 Å². The van der Waals surface area contributed by atoms with Crippen LogP contribution in [0.4, 0.5) is 13.2 Å². The Bertz CT molecular complexity index is 975. The van der Waals surface area contributed by atoms with Gasteiger partial charge in [0.05, 0.1) is 16.1 Å². The van der Waals surface area contributed by atoms with Crippen LogP contribution in [-0.4, -0.2) is 38.5 Å². The summed E-state index contributed by atoms with van der Waals surface area (Å²) in [6.07, 6.45) is -2.67. The minimum atomic E-state index is -4.43. The van der Waals surface area contributed by atoms with Crippen LogP contribution in [0.5, 0.6) is 5.75 Å². The zero-order valence-corrected chi connectivity index (χ0v) is 17.4. The van der Waals surface area contributed by atoms with Crippen LogP contribution in [-0.2, 0) is 21.6 Å². The Kier molecular flexibility index (Phi) is 6.18. The van der Waals surface area contributed by atoms with Crippen LogP contribution in [0.15, 0.2) is 53.4 Å². The zero-order chi connectivity index (χ0) is 22.2. The maximum atomic E-state index is 12.8. The van der Waals surface area contributed by atoms with Crippen molar-refractivity contribution in [2.45, 2.75) is 48.5 Å². The van der Waals surface area contributed by atoms with E-state index in [1.54, 1.807) is 12.1 Å². The lowest BCUT2D eigenvalue weighted by Crippen LogP contribution is -2.53. The number of aliphatic hydroxyl groups is 1. The van der Waals surface area contributed by atoms with Crippen molar-refractivity contribution in [2.75, 3.05) is 12.9 Å². The van der Waals surface area contributed by atoms with E-state index in [1.165, 1.54) is 24.3 Å². The summed E-state index contributed by atoms with van der Waals surface area (Å²) in [6.45, 7) is 2.10. The van der Waals surface area contributed by atoms with Crippen LogP contribution in [0.3, 0.4) is 0 Å². The molecule has 2 aromatic rings. The van der Waals surface area contributed by atoms with Crippen molar-refractivity contribution in [2.24, 2.45) is 0 Å².